The Bertz CT molecular complexity index is 843. The number of nitrogens with zero attached hydrogens (tertiary/aromatic N) is 3. The average molecular weight is 381 g/mol. The second-order valence-electron chi connectivity index (χ2n) is 6.15. The van der Waals surface area contributed by atoms with E-state index in [1.807, 2.05) is 0 Å². The maximum Gasteiger partial charge on any atom is 0.308 e. The monoisotopic (exact) mass is 381 g/mol. The summed E-state index contributed by atoms with van der Waals surface area (Å²) in [6, 6.07) is 1.67. The Balaban J connectivity index is 1.57. The second kappa shape index (κ2) is 7.57. The molecule has 3 rings (SSSR count). The topological polar surface area (TPSA) is 92.0 Å². The Hall–Kier alpha value is -1.87. The Kier molecular flexibility index (Phi) is 5.43. The van der Waals surface area contributed by atoms with Crippen LogP contribution in [0.15, 0.2) is 22.4 Å². The van der Waals surface area contributed by atoms with E-state index in [2.05, 4.69) is 4.98 Å². The number of carbonyl (C=O) groups excluding carboxylic acids is 1. The Morgan fingerprint density at radius 1 is 1.52 bits per heavy atom. The lowest BCUT2D eigenvalue weighted by atomic mass is 10.1. The van der Waals surface area contributed by atoms with Gasteiger partial charge in [-0.25, -0.2) is 4.98 Å². The molecule has 1 fully saturated rings. The smallest absolute Gasteiger partial charge is 0.308 e. The third kappa shape index (κ3) is 4.40. The highest BCUT2D eigenvalue weighted by Crippen LogP contribution is 2.28. The summed E-state index contributed by atoms with van der Waals surface area (Å²) in [4.78, 5) is 42.2. The van der Waals surface area contributed by atoms with E-state index in [-0.39, 0.29) is 29.8 Å². The molecule has 2 aromatic rings. The van der Waals surface area contributed by atoms with Gasteiger partial charge < -0.3 is 10.0 Å². The number of thiazole rings is 1. The van der Waals surface area contributed by atoms with Crippen LogP contribution in [0.5, 0.6) is 0 Å². The summed E-state index contributed by atoms with van der Waals surface area (Å²) < 4.78 is 1.49. The average Bonchev–Trinajstić information content (AvgIpc) is 3.29. The molecular formula is C16H19N3O4S2. The molecule has 7 nitrogen and oxygen atoms in total. The third-order valence-electron chi connectivity index (χ3n) is 4.03. The van der Waals surface area contributed by atoms with Crippen LogP contribution < -0.4 is 5.56 Å². The van der Waals surface area contributed by atoms with Crippen molar-refractivity contribution in [2.75, 3.05) is 12.3 Å². The molecule has 0 spiro atoms. The molecule has 9 heteroatoms. The van der Waals surface area contributed by atoms with E-state index in [0.29, 0.717) is 16.4 Å². The zero-order chi connectivity index (χ0) is 18.0. The fourth-order valence-electron chi connectivity index (χ4n) is 2.50. The van der Waals surface area contributed by atoms with Crippen LogP contribution in [0.2, 0.25) is 0 Å². The van der Waals surface area contributed by atoms with E-state index in [4.69, 9.17) is 5.11 Å². The maximum absolute atomic E-state index is 12.4. The van der Waals surface area contributed by atoms with Gasteiger partial charge in [0.05, 0.1) is 17.4 Å². The summed E-state index contributed by atoms with van der Waals surface area (Å²) in [5.41, 5.74) is 0.533. The molecule has 0 radical (unpaired) electrons. The quantitative estimate of drug-likeness (QED) is 0.748. The van der Waals surface area contributed by atoms with E-state index >= 15 is 0 Å². The van der Waals surface area contributed by atoms with Gasteiger partial charge in [-0.3, -0.25) is 18.8 Å². The lowest BCUT2D eigenvalue weighted by molar-refractivity contribution is -0.142. The van der Waals surface area contributed by atoms with Crippen LogP contribution in [0.3, 0.4) is 0 Å². The van der Waals surface area contributed by atoms with Gasteiger partial charge in [-0.2, -0.15) is 0 Å². The molecule has 0 aliphatic heterocycles. The molecule has 134 valence electrons. The largest absolute Gasteiger partial charge is 0.481 e. The van der Waals surface area contributed by atoms with Crippen LogP contribution in [-0.2, 0) is 15.3 Å². The number of aromatic nitrogens is 2. The highest BCUT2D eigenvalue weighted by molar-refractivity contribution is 7.99. The molecule has 2 heterocycles. The van der Waals surface area contributed by atoms with Crippen molar-refractivity contribution in [3.05, 3.63) is 33.7 Å². The van der Waals surface area contributed by atoms with E-state index in [9.17, 15) is 14.4 Å². The summed E-state index contributed by atoms with van der Waals surface area (Å²) in [7, 11) is 0. The SMILES string of the molecule is CC(CN(C(=O)CSCc1cc(=O)n2ccsc2n1)C1CC1)C(=O)O. The van der Waals surface area contributed by atoms with Crippen molar-refractivity contribution in [2.45, 2.75) is 31.6 Å². The summed E-state index contributed by atoms with van der Waals surface area (Å²) >= 11 is 2.79. The Labute approximate surface area is 152 Å². The zero-order valence-electron chi connectivity index (χ0n) is 13.8. The number of thioether (sulfide) groups is 1. The number of hydrogen-bond acceptors (Lipinski definition) is 6. The molecule has 2 aromatic heterocycles. The number of fused-ring (bicyclic) bond motifs is 1. The minimum atomic E-state index is -0.889. The molecule has 1 saturated carbocycles. The van der Waals surface area contributed by atoms with Crippen LogP contribution in [0.25, 0.3) is 4.96 Å². The highest BCUT2D eigenvalue weighted by atomic mass is 32.2. The zero-order valence-corrected chi connectivity index (χ0v) is 15.4. The molecule has 1 aliphatic rings. The molecule has 1 N–H and O–H groups in total. The van der Waals surface area contributed by atoms with Gasteiger partial charge >= 0.3 is 5.97 Å². The molecule has 1 atom stereocenters. The first-order chi connectivity index (χ1) is 12.0. The standard InChI is InChI=1S/C16H19N3O4S2/c1-10(15(22)23)7-19(12-2-3-12)14(21)9-24-8-11-6-13(20)18-4-5-25-16(18)17-11/h4-6,10,12H,2-3,7-9H2,1H3,(H,22,23). The van der Waals surface area contributed by atoms with Crippen LogP contribution in [0.1, 0.15) is 25.5 Å². The van der Waals surface area contributed by atoms with Gasteiger partial charge in [-0.05, 0) is 12.8 Å². The number of rotatable bonds is 8. The summed E-state index contributed by atoms with van der Waals surface area (Å²) in [5.74, 6) is -0.775. The number of carboxylic acid groups (broad SMARTS) is 1. The molecule has 25 heavy (non-hydrogen) atoms. The molecule has 0 bridgehead atoms. The van der Waals surface area contributed by atoms with E-state index < -0.39 is 11.9 Å². The van der Waals surface area contributed by atoms with Crippen LogP contribution >= 0.6 is 23.1 Å². The van der Waals surface area contributed by atoms with Crippen molar-refractivity contribution in [2.24, 2.45) is 5.92 Å². The molecule has 1 aliphatic carbocycles. The Morgan fingerprint density at radius 2 is 2.28 bits per heavy atom. The predicted octanol–water partition coefficient (Wildman–Crippen LogP) is 1.70. The first-order valence-corrected chi connectivity index (χ1v) is 10.0. The van der Waals surface area contributed by atoms with Crippen LogP contribution in [0, 0.1) is 5.92 Å². The minimum absolute atomic E-state index is 0.0467. The van der Waals surface area contributed by atoms with E-state index in [0.717, 1.165) is 12.8 Å². The number of amides is 1. The number of hydrogen-bond donors (Lipinski definition) is 1. The van der Waals surface area contributed by atoms with E-state index in [1.54, 1.807) is 23.4 Å². The van der Waals surface area contributed by atoms with Gasteiger partial charge in [0, 0.05) is 36.0 Å². The summed E-state index contributed by atoms with van der Waals surface area (Å²) in [6.45, 7) is 1.87. The molecule has 1 unspecified atom stereocenters. The van der Waals surface area contributed by atoms with Crippen molar-refractivity contribution >= 4 is 39.9 Å². The number of carboxylic acids is 1. The van der Waals surface area contributed by atoms with Crippen molar-refractivity contribution in [1.82, 2.24) is 14.3 Å². The van der Waals surface area contributed by atoms with E-state index in [1.165, 1.54) is 33.6 Å². The lowest BCUT2D eigenvalue weighted by Crippen LogP contribution is -2.39. The van der Waals surface area contributed by atoms with Crippen molar-refractivity contribution in [1.29, 1.82) is 0 Å². The second-order valence-corrected chi connectivity index (χ2v) is 8.01. The van der Waals surface area contributed by atoms with Gasteiger partial charge in [0.15, 0.2) is 4.96 Å². The van der Waals surface area contributed by atoms with Crippen molar-refractivity contribution in [3.8, 4) is 0 Å². The van der Waals surface area contributed by atoms with Crippen LogP contribution in [0.4, 0.5) is 0 Å². The minimum Gasteiger partial charge on any atom is -0.481 e. The lowest BCUT2D eigenvalue weighted by Gasteiger charge is -2.24. The normalized spacial score (nSPS) is 15.2. The fraction of sp³-hybridized carbons (Fsp3) is 0.500. The van der Waals surface area contributed by atoms with Gasteiger partial charge in [0.1, 0.15) is 0 Å². The van der Waals surface area contributed by atoms with Gasteiger partial charge in [-0.1, -0.05) is 6.92 Å². The fourth-order valence-corrected chi connectivity index (χ4v) is 4.04. The highest BCUT2D eigenvalue weighted by Gasteiger charge is 2.34. The molecule has 0 aromatic carbocycles. The molecule has 1 amide bonds. The molecular weight excluding hydrogens is 362 g/mol. The van der Waals surface area contributed by atoms with Gasteiger partial charge in [0.2, 0.25) is 5.91 Å². The summed E-state index contributed by atoms with van der Waals surface area (Å²) in [6.07, 6.45) is 3.57. The first kappa shape index (κ1) is 17.9. The summed E-state index contributed by atoms with van der Waals surface area (Å²) in [5, 5.41) is 10.9. The number of carbonyl (C=O) groups is 2. The van der Waals surface area contributed by atoms with Gasteiger partial charge in [0.25, 0.3) is 5.56 Å². The van der Waals surface area contributed by atoms with Crippen LogP contribution in [-0.4, -0.2) is 49.6 Å². The third-order valence-corrected chi connectivity index (χ3v) is 5.74. The van der Waals surface area contributed by atoms with Gasteiger partial charge in [-0.15, -0.1) is 23.1 Å². The first-order valence-electron chi connectivity index (χ1n) is 8.01. The maximum atomic E-state index is 12.4. The van der Waals surface area contributed by atoms with Crippen molar-refractivity contribution in [3.63, 3.8) is 0 Å². The Morgan fingerprint density at radius 3 is 2.96 bits per heavy atom. The predicted molar refractivity (Wildman–Crippen MR) is 97.0 cm³/mol. The number of aliphatic carboxylic acids is 1. The molecule has 0 saturated heterocycles. The van der Waals surface area contributed by atoms with Crippen molar-refractivity contribution < 1.29 is 14.7 Å².